The average Bonchev–Trinajstić information content (AvgIpc) is 3.44. The van der Waals surface area contributed by atoms with Gasteiger partial charge in [0.2, 0.25) is 17.6 Å². The molecule has 1 aromatic heterocycles. The van der Waals surface area contributed by atoms with Crippen molar-refractivity contribution in [2.24, 2.45) is 0 Å². The van der Waals surface area contributed by atoms with E-state index in [1.54, 1.807) is 48.2 Å². The first-order chi connectivity index (χ1) is 14.5. The van der Waals surface area contributed by atoms with Crippen molar-refractivity contribution in [3.05, 3.63) is 71.9 Å². The fourth-order valence-corrected chi connectivity index (χ4v) is 4.26. The van der Waals surface area contributed by atoms with Crippen molar-refractivity contribution in [2.75, 3.05) is 11.6 Å². The van der Waals surface area contributed by atoms with Crippen LogP contribution in [0.5, 0.6) is 0 Å². The molecule has 3 aromatic rings. The molecule has 2 amide bonds. The minimum Gasteiger partial charge on any atom is -0.343 e. The summed E-state index contributed by atoms with van der Waals surface area (Å²) in [6.07, 6.45) is 0. The fraction of sp³-hybridized carbons (Fsp3) is 0.238. The minimum absolute atomic E-state index is 0.176. The summed E-state index contributed by atoms with van der Waals surface area (Å²) in [5, 5.41) is 6.74. The summed E-state index contributed by atoms with van der Waals surface area (Å²) in [7, 11) is 0. The van der Waals surface area contributed by atoms with Crippen molar-refractivity contribution in [2.45, 2.75) is 19.0 Å². The molecule has 0 radical (unpaired) electrons. The number of thioether (sulfide) groups is 1. The van der Waals surface area contributed by atoms with Gasteiger partial charge >= 0.3 is 0 Å². The van der Waals surface area contributed by atoms with Gasteiger partial charge in [0.15, 0.2) is 0 Å². The third-order valence-electron chi connectivity index (χ3n) is 4.74. The highest BCUT2D eigenvalue weighted by Gasteiger charge is 2.36. The predicted molar refractivity (Wildman–Crippen MR) is 110 cm³/mol. The zero-order valence-corrected chi connectivity index (χ0v) is 16.9. The predicted octanol–water partition coefficient (Wildman–Crippen LogP) is 3.27. The monoisotopic (exact) mass is 426 g/mol. The van der Waals surface area contributed by atoms with Crippen LogP contribution in [0.2, 0.25) is 0 Å². The molecule has 0 aliphatic carbocycles. The molecule has 0 saturated carbocycles. The van der Waals surface area contributed by atoms with Crippen molar-refractivity contribution < 1.29 is 18.5 Å². The van der Waals surface area contributed by atoms with Crippen LogP contribution in [-0.4, -0.2) is 44.5 Å². The summed E-state index contributed by atoms with van der Waals surface area (Å²) in [6.45, 7) is 1.73. The van der Waals surface area contributed by atoms with E-state index in [0.717, 1.165) is 0 Å². The number of aromatic nitrogens is 2. The molecule has 154 valence electrons. The van der Waals surface area contributed by atoms with E-state index in [0.29, 0.717) is 28.6 Å². The van der Waals surface area contributed by atoms with Crippen molar-refractivity contribution in [3.8, 4) is 11.4 Å². The summed E-state index contributed by atoms with van der Waals surface area (Å²) in [6, 6.07) is 13.5. The smallest absolute Gasteiger partial charge is 0.255 e. The Labute approximate surface area is 176 Å². The molecule has 2 heterocycles. The van der Waals surface area contributed by atoms with E-state index in [-0.39, 0.29) is 23.5 Å². The van der Waals surface area contributed by atoms with Crippen molar-refractivity contribution in [1.29, 1.82) is 0 Å². The number of carbonyl (C=O) groups is 2. The van der Waals surface area contributed by atoms with Gasteiger partial charge < -0.3 is 14.7 Å². The Morgan fingerprint density at radius 2 is 1.93 bits per heavy atom. The van der Waals surface area contributed by atoms with Crippen molar-refractivity contribution in [3.63, 3.8) is 0 Å². The molecule has 30 heavy (non-hydrogen) atoms. The van der Waals surface area contributed by atoms with Gasteiger partial charge in [0.05, 0.1) is 5.88 Å². The Kier molecular flexibility index (Phi) is 5.80. The Balaban J connectivity index is 1.43. The van der Waals surface area contributed by atoms with Crippen LogP contribution in [0.25, 0.3) is 11.4 Å². The van der Waals surface area contributed by atoms with Crippen LogP contribution < -0.4 is 5.32 Å². The highest BCUT2D eigenvalue weighted by Crippen LogP contribution is 2.25. The Morgan fingerprint density at radius 3 is 2.67 bits per heavy atom. The molecule has 0 spiro atoms. The number of halogens is 1. The van der Waals surface area contributed by atoms with Crippen molar-refractivity contribution >= 4 is 23.6 Å². The van der Waals surface area contributed by atoms with E-state index in [1.807, 2.05) is 6.07 Å². The lowest BCUT2D eigenvalue weighted by atomic mass is 10.1. The number of benzene rings is 2. The Bertz CT molecular complexity index is 1040. The van der Waals surface area contributed by atoms with E-state index < -0.39 is 12.1 Å². The highest BCUT2D eigenvalue weighted by atomic mass is 32.2. The molecule has 1 unspecified atom stereocenters. The van der Waals surface area contributed by atoms with Gasteiger partial charge in [-0.1, -0.05) is 23.4 Å². The molecular weight excluding hydrogens is 407 g/mol. The second kappa shape index (κ2) is 8.66. The van der Waals surface area contributed by atoms with Crippen molar-refractivity contribution in [1.82, 2.24) is 20.4 Å². The third kappa shape index (κ3) is 4.20. The van der Waals surface area contributed by atoms with Crippen LogP contribution >= 0.6 is 11.8 Å². The van der Waals surface area contributed by atoms with Gasteiger partial charge in [-0.3, -0.25) is 9.59 Å². The lowest BCUT2D eigenvalue weighted by Gasteiger charge is -2.24. The number of nitrogens with zero attached hydrogens (tertiary/aromatic N) is 3. The van der Waals surface area contributed by atoms with E-state index >= 15 is 0 Å². The zero-order valence-electron chi connectivity index (χ0n) is 16.1. The largest absolute Gasteiger partial charge is 0.343 e. The second-order valence-corrected chi connectivity index (χ2v) is 7.85. The molecule has 1 N–H and O–H groups in total. The summed E-state index contributed by atoms with van der Waals surface area (Å²) >= 11 is 1.53. The molecular formula is C21H19FN4O3S. The summed E-state index contributed by atoms with van der Waals surface area (Å²) < 4.78 is 18.3. The first-order valence-electron chi connectivity index (χ1n) is 9.36. The SMILES string of the molecule is CC(NC(=O)[C@@H]1CSCN1C(=O)c1ccccc1)c1nc(-c2ccc(F)cc2)no1. The summed E-state index contributed by atoms with van der Waals surface area (Å²) in [5.74, 6) is 0.699. The maximum absolute atomic E-state index is 13.1. The lowest BCUT2D eigenvalue weighted by molar-refractivity contribution is -0.125. The van der Waals surface area contributed by atoms with Gasteiger partial charge in [-0.2, -0.15) is 4.98 Å². The molecule has 1 fully saturated rings. The number of hydrogen-bond donors (Lipinski definition) is 1. The quantitative estimate of drug-likeness (QED) is 0.674. The van der Waals surface area contributed by atoms with Crippen LogP contribution in [0.15, 0.2) is 59.1 Å². The van der Waals surface area contributed by atoms with E-state index in [2.05, 4.69) is 15.5 Å². The van der Waals surface area contributed by atoms with E-state index in [1.165, 1.54) is 23.9 Å². The maximum atomic E-state index is 13.1. The van der Waals surface area contributed by atoms with Crippen LogP contribution in [0.1, 0.15) is 29.2 Å². The van der Waals surface area contributed by atoms with Gasteiger partial charge in [-0.05, 0) is 43.3 Å². The second-order valence-electron chi connectivity index (χ2n) is 6.85. The van der Waals surface area contributed by atoms with Crippen LogP contribution in [-0.2, 0) is 4.79 Å². The number of rotatable bonds is 5. The molecule has 0 bridgehead atoms. The number of amides is 2. The molecule has 1 aliphatic rings. The fourth-order valence-electron chi connectivity index (χ4n) is 3.11. The van der Waals surface area contributed by atoms with E-state index in [4.69, 9.17) is 4.52 Å². The third-order valence-corrected chi connectivity index (χ3v) is 5.75. The van der Waals surface area contributed by atoms with E-state index in [9.17, 15) is 14.0 Å². The lowest BCUT2D eigenvalue weighted by Crippen LogP contribution is -2.47. The average molecular weight is 426 g/mol. The number of hydrogen-bond acceptors (Lipinski definition) is 6. The zero-order chi connectivity index (χ0) is 21.1. The normalized spacial score (nSPS) is 17.0. The molecule has 2 aromatic carbocycles. The minimum atomic E-state index is -0.579. The molecule has 7 nitrogen and oxygen atoms in total. The summed E-state index contributed by atoms with van der Waals surface area (Å²) in [5.41, 5.74) is 1.16. The highest BCUT2D eigenvalue weighted by molar-refractivity contribution is 7.99. The first kappa shape index (κ1) is 20.1. The van der Waals surface area contributed by atoms with Crippen LogP contribution in [0, 0.1) is 5.82 Å². The topological polar surface area (TPSA) is 88.3 Å². The van der Waals surface area contributed by atoms with Gasteiger partial charge in [0, 0.05) is 16.9 Å². The molecule has 2 atom stereocenters. The number of nitrogens with one attached hydrogen (secondary N) is 1. The van der Waals surface area contributed by atoms with Gasteiger partial charge in [-0.15, -0.1) is 11.8 Å². The molecule has 1 aliphatic heterocycles. The van der Waals surface area contributed by atoms with Gasteiger partial charge in [-0.25, -0.2) is 4.39 Å². The standard InChI is InChI=1S/C21H19FN4O3S/c1-13(20-24-18(25-29-20)14-7-9-16(22)10-8-14)23-19(27)17-11-30-12-26(17)21(28)15-5-3-2-4-6-15/h2-10,13,17H,11-12H2,1H3,(H,23,27)/t13?,17-/m0/s1. The van der Waals surface area contributed by atoms with Gasteiger partial charge in [0.1, 0.15) is 17.9 Å². The Morgan fingerprint density at radius 1 is 1.20 bits per heavy atom. The van der Waals surface area contributed by atoms with Gasteiger partial charge in [0.25, 0.3) is 5.91 Å². The van der Waals surface area contributed by atoms with Crippen LogP contribution in [0.4, 0.5) is 4.39 Å². The first-order valence-corrected chi connectivity index (χ1v) is 10.5. The molecule has 4 rings (SSSR count). The summed E-state index contributed by atoms with van der Waals surface area (Å²) in [4.78, 5) is 31.5. The molecule has 9 heteroatoms. The number of carbonyl (C=O) groups excluding carboxylic acids is 2. The molecule has 1 saturated heterocycles. The van der Waals surface area contributed by atoms with Crippen LogP contribution in [0.3, 0.4) is 0 Å². The Hall–Kier alpha value is -3.20. The maximum Gasteiger partial charge on any atom is 0.255 e.